The summed E-state index contributed by atoms with van der Waals surface area (Å²) in [5.74, 6) is -0.464. The van der Waals surface area contributed by atoms with E-state index < -0.39 is 17.6 Å². The third-order valence-corrected chi connectivity index (χ3v) is 3.80. The van der Waals surface area contributed by atoms with Crippen molar-refractivity contribution in [1.29, 1.82) is 0 Å². The third-order valence-electron chi connectivity index (χ3n) is 3.80. The summed E-state index contributed by atoms with van der Waals surface area (Å²) in [5.41, 5.74) is 0.679. The Morgan fingerprint density at radius 1 is 1.04 bits per heavy atom. The summed E-state index contributed by atoms with van der Waals surface area (Å²) in [5, 5.41) is 2.55. The van der Waals surface area contributed by atoms with E-state index in [1.807, 2.05) is 6.07 Å². The molecule has 140 valence electrons. The minimum atomic E-state index is -4.40. The van der Waals surface area contributed by atoms with E-state index in [0.717, 1.165) is 43.8 Å². The largest absolute Gasteiger partial charge is 0.416 e. The van der Waals surface area contributed by atoms with E-state index in [-0.39, 0.29) is 11.4 Å². The normalized spacial score (nSPS) is 11.3. The quantitative estimate of drug-likeness (QED) is 0.753. The molecule has 4 nitrogen and oxygen atoms in total. The Bertz CT molecular complexity index is 706. The Kier molecular flexibility index (Phi) is 6.60. The number of carbonyl (C=O) groups is 1. The molecular weight excluding hydrogens is 343 g/mol. The fraction of sp³-hybridized carbons (Fsp3) is 0.368. The van der Waals surface area contributed by atoms with Crippen LogP contribution in [0.1, 0.15) is 42.7 Å². The highest BCUT2D eigenvalue weighted by Crippen LogP contribution is 2.29. The second-order valence-corrected chi connectivity index (χ2v) is 5.92. The second kappa shape index (κ2) is 8.69. The molecule has 0 aliphatic heterocycles. The number of pyridine rings is 1. The Balaban J connectivity index is 2.05. The Labute approximate surface area is 151 Å². The van der Waals surface area contributed by atoms with E-state index in [2.05, 4.69) is 29.0 Å². The maximum atomic E-state index is 12.6. The number of rotatable bonds is 7. The molecule has 0 fully saturated rings. The van der Waals surface area contributed by atoms with Gasteiger partial charge in [0.05, 0.1) is 17.4 Å². The molecule has 0 atom stereocenters. The first-order valence-corrected chi connectivity index (χ1v) is 8.54. The molecule has 0 aliphatic carbocycles. The van der Waals surface area contributed by atoms with Crippen molar-refractivity contribution in [2.24, 2.45) is 0 Å². The summed E-state index contributed by atoms with van der Waals surface area (Å²) >= 11 is 0. The first-order valence-electron chi connectivity index (χ1n) is 8.54. The minimum Gasteiger partial charge on any atom is -0.370 e. The molecule has 7 heteroatoms. The van der Waals surface area contributed by atoms with Crippen molar-refractivity contribution in [3.05, 3.63) is 53.9 Å². The predicted octanol–water partition coefficient (Wildman–Crippen LogP) is 4.98. The molecule has 2 aromatic rings. The number of hydrogen-bond donors (Lipinski definition) is 1. The molecule has 1 N–H and O–H groups in total. The van der Waals surface area contributed by atoms with Crippen LogP contribution in [0.15, 0.2) is 42.6 Å². The average Bonchev–Trinajstić information content (AvgIpc) is 2.61. The number of benzene rings is 1. The fourth-order valence-electron chi connectivity index (χ4n) is 2.55. The zero-order valence-corrected chi connectivity index (χ0v) is 14.8. The van der Waals surface area contributed by atoms with E-state index in [9.17, 15) is 18.0 Å². The summed E-state index contributed by atoms with van der Waals surface area (Å²) in [6.45, 7) is 6.02. The van der Waals surface area contributed by atoms with Crippen molar-refractivity contribution in [2.45, 2.75) is 32.9 Å². The number of nitrogens with zero attached hydrogens (tertiary/aromatic N) is 2. The number of amides is 1. The van der Waals surface area contributed by atoms with Crippen LogP contribution in [-0.2, 0) is 6.18 Å². The molecule has 1 heterocycles. The van der Waals surface area contributed by atoms with Gasteiger partial charge in [0.2, 0.25) is 0 Å². The maximum absolute atomic E-state index is 12.6. The van der Waals surface area contributed by atoms with Crippen LogP contribution in [0.2, 0.25) is 0 Å². The van der Waals surface area contributed by atoms with Gasteiger partial charge in [0, 0.05) is 18.8 Å². The van der Waals surface area contributed by atoms with E-state index in [1.165, 1.54) is 12.1 Å². The Morgan fingerprint density at radius 3 is 2.12 bits per heavy atom. The highest BCUT2D eigenvalue weighted by molar-refractivity contribution is 6.02. The minimum absolute atomic E-state index is 0.210. The van der Waals surface area contributed by atoms with Gasteiger partial charge < -0.3 is 10.2 Å². The fourth-order valence-corrected chi connectivity index (χ4v) is 2.55. The van der Waals surface area contributed by atoms with Crippen molar-refractivity contribution in [1.82, 2.24) is 4.98 Å². The summed E-state index contributed by atoms with van der Waals surface area (Å²) < 4.78 is 37.7. The maximum Gasteiger partial charge on any atom is 0.416 e. The van der Waals surface area contributed by atoms with Crippen molar-refractivity contribution in [3.8, 4) is 0 Å². The van der Waals surface area contributed by atoms with Crippen molar-refractivity contribution in [2.75, 3.05) is 23.3 Å². The van der Waals surface area contributed by atoms with Crippen LogP contribution >= 0.6 is 0 Å². The van der Waals surface area contributed by atoms with Gasteiger partial charge >= 0.3 is 6.18 Å². The first-order chi connectivity index (χ1) is 12.3. The Morgan fingerprint density at radius 2 is 1.65 bits per heavy atom. The van der Waals surface area contributed by atoms with E-state index in [4.69, 9.17) is 0 Å². The van der Waals surface area contributed by atoms with Gasteiger partial charge in [-0.15, -0.1) is 0 Å². The summed E-state index contributed by atoms with van der Waals surface area (Å²) in [6.07, 6.45) is -0.734. The highest BCUT2D eigenvalue weighted by Gasteiger charge is 2.30. The SMILES string of the molecule is CCCN(CCC)c1ccc(C(=O)Nc2ccc(C(F)(F)F)cc2)nc1. The molecule has 0 spiro atoms. The van der Waals surface area contributed by atoms with Gasteiger partial charge in [0.25, 0.3) is 5.91 Å². The highest BCUT2D eigenvalue weighted by atomic mass is 19.4. The number of alkyl halides is 3. The molecular formula is C19H22F3N3O. The van der Waals surface area contributed by atoms with Gasteiger partial charge in [0.1, 0.15) is 5.69 Å². The van der Waals surface area contributed by atoms with Gasteiger partial charge in [-0.3, -0.25) is 4.79 Å². The summed E-state index contributed by atoms with van der Waals surface area (Å²) in [4.78, 5) is 18.6. The lowest BCUT2D eigenvalue weighted by Gasteiger charge is -2.23. The van der Waals surface area contributed by atoms with Crippen LogP contribution in [0.3, 0.4) is 0 Å². The van der Waals surface area contributed by atoms with Gasteiger partial charge in [0.15, 0.2) is 0 Å². The molecule has 0 saturated carbocycles. The summed E-state index contributed by atoms with van der Waals surface area (Å²) in [6, 6.07) is 7.75. The molecule has 0 radical (unpaired) electrons. The molecule has 0 saturated heterocycles. The van der Waals surface area contributed by atoms with Crippen LogP contribution in [0.5, 0.6) is 0 Å². The monoisotopic (exact) mass is 365 g/mol. The number of aromatic nitrogens is 1. The molecule has 26 heavy (non-hydrogen) atoms. The Hall–Kier alpha value is -2.57. The van der Waals surface area contributed by atoms with E-state index in [1.54, 1.807) is 12.3 Å². The van der Waals surface area contributed by atoms with Crippen LogP contribution in [0.25, 0.3) is 0 Å². The predicted molar refractivity (Wildman–Crippen MR) is 96.4 cm³/mol. The lowest BCUT2D eigenvalue weighted by Crippen LogP contribution is -2.25. The van der Waals surface area contributed by atoms with Crippen LogP contribution in [0, 0.1) is 0 Å². The number of carbonyl (C=O) groups excluding carboxylic acids is 1. The summed E-state index contributed by atoms with van der Waals surface area (Å²) in [7, 11) is 0. The molecule has 2 rings (SSSR count). The van der Waals surface area contributed by atoms with E-state index in [0.29, 0.717) is 0 Å². The molecule has 1 aromatic carbocycles. The van der Waals surface area contributed by atoms with Crippen molar-refractivity contribution >= 4 is 17.3 Å². The van der Waals surface area contributed by atoms with Crippen LogP contribution < -0.4 is 10.2 Å². The lowest BCUT2D eigenvalue weighted by atomic mass is 10.2. The lowest BCUT2D eigenvalue weighted by molar-refractivity contribution is -0.137. The number of hydrogen-bond acceptors (Lipinski definition) is 3. The number of halogens is 3. The molecule has 0 bridgehead atoms. The smallest absolute Gasteiger partial charge is 0.370 e. The van der Waals surface area contributed by atoms with Crippen molar-refractivity contribution in [3.63, 3.8) is 0 Å². The van der Waals surface area contributed by atoms with Crippen molar-refractivity contribution < 1.29 is 18.0 Å². The average molecular weight is 365 g/mol. The molecule has 0 aliphatic rings. The second-order valence-electron chi connectivity index (χ2n) is 5.92. The zero-order chi connectivity index (χ0) is 19.2. The van der Waals surface area contributed by atoms with E-state index >= 15 is 0 Å². The zero-order valence-electron chi connectivity index (χ0n) is 14.8. The first kappa shape index (κ1) is 19.8. The third kappa shape index (κ3) is 5.21. The van der Waals surface area contributed by atoms with Gasteiger partial charge in [-0.25, -0.2) is 4.98 Å². The standard InChI is InChI=1S/C19H22F3N3O/c1-3-11-25(12-4-2)16-9-10-17(23-13-16)18(26)24-15-7-5-14(6-8-15)19(20,21)22/h5-10,13H,3-4,11-12H2,1-2H3,(H,24,26). The van der Waals surface area contributed by atoms with Gasteiger partial charge in [-0.05, 0) is 49.2 Å². The number of nitrogens with one attached hydrogen (secondary N) is 1. The van der Waals surface area contributed by atoms with Crippen LogP contribution in [0.4, 0.5) is 24.5 Å². The van der Waals surface area contributed by atoms with Gasteiger partial charge in [-0.2, -0.15) is 13.2 Å². The topological polar surface area (TPSA) is 45.2 Å². The van der Waals surface area contributed by atoms with Crippen LogP contribution in [-0.4, -0.2) is 24.0 Å². The molecule has 0 unspecified atom stereocenters. The van der Waals surface area contributed by atoms with Gasteiger partial charge in [-0.1, -0.05) is 13.8 Å². The molecule has 1 amide bonds. The molecule has 1 aromatic heterocycles. The number of anilines is 2.